The van der Waals surface area contributed by atoms with Crippen LogP contribution in [-0.2, 0) is 10.0 Å². The van der Waals surface area contributed by atoms with E-state index >= 15 is 0 Å². The Bertz CT molecular complexity index is 554. The molecular formula is C16H26N2O2S. The molecule has 118 valence electrons. The van der Waals surface area contributed by atoms with Crippen molar-refractivity contribution in [1.82, 2.24) is 9.62 Å². The molecule has 0 bridgehead atoms. The van der Waals surface area contributed by atoms with Crippen LogP contribution in [0.15, 0.2) is 29.2 Å². The monoisotopic (exact) mass is 310 g/mol. The first-order chi connectivity index (χ1) is 9.95. The molecule has 0 radical (unpaired) electrons. The highest BCUT2D eigenvalue weighted by Gasteiger charge is 2.28. The van der Waals surface area contributed by atoms with Gasteiger partial charge in [0.25, 0.3) is 0 Å². The van der Waals surface area contributed by atoms with Crippen molar-refractivity contribution in [3.8, 4) is 0 Å². The SMILES string of the molecule is CCNC(C)c1ccc(S(=O)(=O)N2CCCC(C)C2)cc1. The normalized spacial score (nSPS) is 22.1. The molecule has 21 heavy (non-hydrogen) atoms. The summed E-state index contributed by atoms with van der Waals surface area (Å²) < 4.78 is 26.9. The van der Waals surface area contributed by atoms with Crippen molar-refractivity contribution in [1.29, 1.82) is 0 Å². The third-order valence-electron chi connectivity index (χ3n) is 4.15. The number of hydrogen-bond acceptors (Lipinski definition) is 3. The van der Waals surface area contributed by atoms with Crippen LogP contribution in [0.25, 0.3) is 0 Å². The fourth-order valence-electron chi connectivity index (χ4n) is 2.87. The molecule has 0 spiro atoms. The quantitative estimate of drug-likeness (QED) is 0.910. The molecule has 1 saturated heterocycles. The van der Waals surface area contributed by atoms with Gasteiger partial charge >= 0.3 is 0 Å². The van der Waals surface area contributed by atoms with Gasteiger partial charge in [-0.1, -0.05) is 26.0 Å². The number of sulfonamides is 1. The first-order valence-electron chi connectivity index (χ1n) is 7.78. The average Bonchev–Trinajstić information content (AvgIpc) is 2.47. The van der Waals surface area contributed by atoms with Crippen LogP contribution in [0.4, 0.5) is 0 Å². The third-order valence-corrected chi connectivity index (χ3v) is 6.03. The lowest BCUT2D eigenvalue weighted by Crippen LogP contribution is -2.39. The molecule has 0 amide bonds. The fraction of sp³-hybridized carbons (Fsp3) is 0.625. The highest BCUT2D eigenvalue weighted by atomic mass is 32.2. The average molecular weight is 310 g/mol. The number of piperidine rings is 1. The number of nitrogens with one attached hydrogen (secondary N) is 1. The first-order valence-corrected chi connectivity index (χ1v) is 9.22. The van der Waals surface area contributed by atoms with Gasteiger partial charge in [0.15, 0.2) is 0 Å². The van der Waals surface area contributed by atoms with Crippen molar-refractivity contribution < 1.29 is 8.42 Å². The largest absolute Gasteiger partial charge is 0.310 e. The molecule has 0 aromatic heterocycles. The molecule has 1 aliphatic heterocycles. The zero-order chi connectivity index (χ0) is 15.5. The zero-order valence-electron chi connectivity index (χ0n) is 13.2. The Kier molecular flexibility index (Phi) is 5.41. The maximum Gasteiger partial charge on any atom is 0.243 e. The number of nitrogens with zero attached hydrogens (tertiary/aromatic N) is 1. The van der Waals surface area contributed by atoms with Crippen LogP contribution >= 0.6 is 0 Å². The van der Waals surface area contributed by atoms with Crippen LogP contribution in [0.3, 0.4) is 0 Å². The minimum Gasteiger partial charge on any atom is -0.310 e. The van der Waals surface area contributed by atoms with Crippen LogP contribution in [0.5, 0.6) is 0 Å². The van der Waals surface area contributed by atoms with Gasteiger partial charge in [0.05, 0.1) is 4.90 Å². The summed E-state index contributed by atoms with van der Waals surface area (Å²) in [6.45, 7) is 8.43. The Morgan fingerprint density at radius 1 is 1.33 bits per heavy atom. The number of rotatable bonds is 5. The van der Waals surface area contributed by atoms with E-state index in [4.69, 9.17) is 0 Å². The molecule has 1 aromatic carbocycles. The molecule has 2 rings (SSSR count). The van der Waals surface area contributed by atoms with Crippen LogP contribution in [-0.4, -0.2) is 32.4 Å². The molecule has 2 atom stereocenters. The van der Waals surface area contributed by atoms with Crippen molar-refractivity contribution >= 4 is 10.0 Å². The van der Waals surface area contributed by atoms with Crippen molar-refractivity contribution in [2.75, 3.05) is 19.6 Å². The zero-order valence-corrected chi connectivity index (χ0v) is 14.0. The van der Waals surface area contributed by atoms with E-state index in [9.17, 15) is 8.42 Å². The fourth-order valence-corrected chi connectivity index (χ4v) is 4.46. The van der Waals surface area contributed by atoms with Crippen molar-refractivity contribution in [3.63, 3.8) is 0 Å². The summed E-state index contributed by atoms with van der Waals surface area (Å²) >= 11 is 0. The molecule has 1 aliphatic rings. The smallest absolute Gasteiger partial charge is 0.243 e. The maximum atomic E-state index is 12.6. The topological polar surface area (TPSA) is 49.4 Å². The summed E-state index contributed by atoms with van der Waals surface area (Å²) in [5.74, 6) is 0.446. The van der Waals surface area contributed by atoms with Crippen molar-refractivity contribution in [2.45, 2.75) is 44.6 Å². The standard InChI is InChI=1S/C16H26N2O2S/c1-4-17-14(3)15-7-9-16(10-8-15)21(19,20)18-11-5-6-13(2)12-18/h7-10,13-14,17H,4-6,11-12H2,1-3H3. The van der Waals surface area contributed by atoms with E-state index < -0.39 is 10.0 Å². The summed E-state index contributed by atoms with van der Waals surface area (Å²) in [5.41, 5.74) is 1.11. The van der Waals surface area contributed by atoms with E-state index in [0.717, 1.165) is 24.9 Å². The molecule has 0 aliphatic carbocycles. The number of benzene rings is 1. The Labute approximate surface area is 128 Å². The van der Waals surface area contributed by atoms with Crippen LogP contribution in [0.1, 0.15) is 45.2 Å². The summed E-state index contributed by atoms with van der Waals surface area (Å²) in [4.78, 5) is 0.407. The minimum absolute atomic E-state index is 0.238. The lowest BCUT2D eigenvalue weighted by Gasteiger charge is -2.30. The maximum absolute atomic E-state index is 12.6. The predicted molar refractivity (Wildman–Crippen MR) is 85.7 cm³/mol. The highest BCUT2D eigenvalue weighted by molar-refractivity contribution is 7.89. The molecule has 1 heterocycles. The van der Waals surface area contributed by atoms with E-state index in [1.54, 1.807) is 16.4 Å². The van der Waals surface area contributed by atoms with E-state index in [2.05, 4.69) is 26.1 Å². The van der Waals surface area contributed by atoms with Crippen LogP contribution in [0, 0.1) is 5.92 Å². The van der Waals surface area contributed by atoms with Gasteiger partial charge in [-0.3, -0.25) is 0 Å². The predicted octanol–water partition coefficient (Wildman–Crippen LogP) is 2.78. The Hall–Kier alpha value is -0.910. The molecular weight excluding hydrogens is 284 g/mol. The Balaban J connectivity index is 2.17. The third kappa shape index (κ3) is 3.84. The molecule has 4 nitrogen and oxygen atoms in total. The van der Waals surface area contributed by atoms with Gasteiger partial charge in [0.1, 0.15) is 0 Å². The van der Waals surface area contributed by atoms with Crippen molar-refractivity contribution in [3.05, 3.63) is 29.8 Å². The van der Waals surface area contributed by atoms with E-state index in [0.29, 0.717) is 23.9 Å². The van der Waals surface area contributed by atoms with Gasteiger partial charge in [0, 0.05) is 19.1 Å². The molecule has 5 heteroatoms. The van der Waals surface area contributed by atoms with E-state index in [-0.39, 0.29) is 6.04 Å². The van der Waals surface area contributed by atoms with Crippen molar-refractivity contribution in [2.24, 2.45) is 5.92 Å². The molecule has 1 aromatic rings. The van der Waals surface area contributed by atoms with Crippen LogP contribution < -0.4 is 5.32 Å². The van der Waals surface area contributed by atoms with E-state index in [1.807, 2.05) is 12.1 Å². The molecule has 2 unspecified atom stereocenters. The molecule has 1 N–H and O–H groups in total. The van der Waals surface area contributed by atoms with Crippen LogP contribution in [0.2, 0.25) is 0 Å². The highest BCUT2D eigenvalue weighted by Crippen LogP contribution is 2.24. The second-order valence-corrected chi connectivity index (χ2v) is 7.90. The summed E-state index contributed by atoms with van der Waals surface area (Å²) in [5, 5.41) is 3.33. The molecule has 1 fully saturated rings. The van der Waals surface area contributed by atoms with Gasteiger partial charge in [-0.2, -0.15) is 4.31 Å². The van der Waals surface area contributed by atoms with Gasteiger partial charge in [-0.05, 0) is 49.9 Å². The summed E-state index contributed by atoms with van der Waals surface area (Å²) in [7, 11) is -3.34. The lowest BCUT2D eigenvalue weighted by atomic mass is 10.0. The van der Waals surface area contributed by atoms with Gasteiger partial charge in [0.2, 0.25) is 10.0 Å². The first kappa shape index (κ1) is 16.5. The van der Waals surface area contributed by atoms with Gasteiger partial charge < -0.3 is 5.32 Å². The summed E-state index contributed by atoms with van der Waals surface area (Å²) in [6, 6.07) is 7.53. The molecule has 0 saturated carbocycles. The minimum atomic E-state index is -3.34. The summed E-state index contributed by atoms with van der Waals surface area (Å²) in [6.07, 6.45) is 2.07. The second-order valence-electron chi connectivity index (χ2n) is 5.96. The Morgan fingerprint density at radius 2 is 2.00 bits per heavy atom. The second kappa shape index (κ2) is 6.90. The lowest BCUT2D eigenvalue weighted by molar-refractivity contribution is 0.281. The number of hydrogen-bond donors (Lipinski definition) is 1. The Morgan fingerprint density at radius 3 is 2.57 bits per heavy atom. The van der Waals surface area contributed by atoms with Gasteiger partial charge in [-0.15, -0.1) is 0 Å². The van der Waals surface area contributed by atoms with Gasteiger partial charge in [-0.25, -0.2) is 8.42 Å². The van der Waals surface area contributed by atoms with E-state index in [1.165, 1.54) is 0 Å².